The Balaban J connectivity index is 1.66. The lowest BCUT2D eigenvalue weighted by atomic mass is 9.74. The zero-order valence-corrected chi connectivity index (χ0v) is 16.3. The van der Waals surface area contributed by atoms with Gasteiger partial charge in [-0.1, -0.05) is 54.8 Å². The molecule has 0 aliphatic heterocycles. The van der Waals surface area contributed by atoms with Crippen LogP contribution in [0.3, 0.4) is 0 Å². The van der Waals surface area contributed by atoms with Crippen molar-refractivity contribution in [3.63, 3.8) is 0 Å². The predicted octanol–water partition coefficient (Wildman–Crippen LogP) is 5.69. The quantitative estimate of drug-likeness (QED) is 0.624. The van der Waals surface area contributed by atoms with Crippen molar-refractivity contribution in [3.05, 3.63) is 47.8 Å². The summed E-state index contributed by atoms with van der Waals surface area (Å²) >= 11 is 0. The van der Waals surface area contributed by atoms with Crippen LogP contribution in [0.15, 0.2) is 36.5 Å². The molecule has 2 aliphatic rings. The average molecular weight is 402 g/mol. The predicted molar refractivity (Wildman–Crippen MR) is 102 cm³/mol. The van der Waals surface area contributed by atoms with Crippen LogP contribution in [-0.4, -0.2) is 21.2 Å². The molecule has 2 aliphatic carbocycles. The second kappa shape index (κ2) is 7.81. The summed E-state index contributed by atoms with van der Waals surface area (Å²) in [6, 6.07) is 10.4. The molecule has 2 saturated carbocycles. The van der Waals surface area contributed by atoms with Crippen molar-refractivity contribution in [1.82, 2.24) is 15.0 Å². The number of nitrogens with zero attached hydrogens (tertiary/aromatic N) is 4. The Morgan fingerprint density at radius 2 is 1.83 bits per heavy atom. The Morgan fingerprint density at radius 3 is 2.41 bits per heavy atom. The molecule has 1 aromatic heterocycles. The van der Waals surface area contributed by atoms with E-state index in [0.717, 1.165) is 44.9 Å². The van der Waals surface area contributed by atoms with Crippen molar-refractivity contribution in [2.75, 3.05) is 0 Å². The number of hydrogen-bond acceptors (Lipinski definition) is 3. The molecule has 0 bridgehead atoms. The normalized spacial score (nSPS) is 21.3. The molecule has 0 N–H and O–H groups in total. The van der Waals surface area contributed by atoms with Crippen molar-refractivity contribution in [2.24, 2.45) is 5.92 Å². The SMILES string of the molecule is N#CC1(n2cc([C@@H](C[C@H](c3ccccc3)C(F)(F)F)C3CCCCC3)nn2)CC1. The van der Waals surface area contributed by atoms with Crippen molar-refractivity contribution in [2.45, 2.75) is 74.9 Å². The van der Waals surface area contributed by atoms with Crippen LogP contribution in [0.2, 0.25) is 0 Å². The van der Waals surface area contributed by atoms with E-state index in [1.54, 1.807) is 41.2 Å². The van der Waals surface area contributed by atoms with Gasteiger partial charge in [-0.05, 0) is 43.6 Å². The molecule has 0 radical (unpaired) electrons. The highest BCUT2D eigenvalue weighted by molar-refractivity contribution is 5.23. The minimum atomic E-state index is -4.32. The number of alkyl halides is 3. The number of aromatic nitrogens is 3. The number of hydrogen-bond donors (Lipinski definition) is 0. The lowest BCUT2D eigenvalue weighted by Crippen LogP contribution is -2.27. The highest BCUT2D eigenvalue weighted by Crippen LogP contribution is 2.47. The van der Waals surface area contributed by atoms with Crippen LogP contribution >= 0.6 is 0 Å². The van der Waals surface area contributed by atoms with E-state index in [-0.39, 0.29) is 18.3 Å². The summed E-state index contributed by atoms with van der Waals surface area (Å²) < 4.78 is 43.6. The molecule has 154 valence electrons. The maximum atomic E-state index is 14.0. The van der Waals surface area contributed by atoms with Gasteiger partial charge in [-0.25, -0.2) is 4.68 Å². The summed E-state index contributed by atoms with van der Waals surface area (Å²) in [4.78, 5) is 0. The fourth-order valence-corrected chi connectivity index (χ4v) is 4.66. The van der Waals surface area contributed by atoms with Gasteiger partial charge in [0.05, 0.1) is 23.9 Å². The highest BCUT2D eigenvalue weighted by Gasteiger charge is 2.48. The molecule has 2 aromatic rings. The Bertz CT molecular complexity index is 858. The summed E-state index contributed by atoms with van der Waals surface area (Å²) in [6.07, 6.45) is 3.86. The lowest BCUT2D eigenvalue weighted by Gasteiger charge is -2.32. The Labute approximate surface area is 168 Å². The van der Waals surface area contributed by atoms with Crippen molar-refractivity contribution in [3.8, 4) is 6.07 Å². The first-order valence-electron chi connectivity index (χ1n) is 10.4. The van der Waals surface area contributed by atoms with E-state index >= 15 is 0 Å². The van der Waals surface area contributed by atoms with Crippen LogP contribution in [0.5, 0.6) is 0 Å². The lowest BCUT2D eigenvalue weighted by molar-refractivity contribution is -0.153. The molecular formula is C22H25F3N4. The van der Waals surface area contributed by atoms with Gasteiger partial charge in [0.2, 0.25) is 0 Å². The van der Waals surface area contributed by atoms with Crippen LogP contribution in [0.4, 0.5) is 13.2 Å². The fourth-order valence-electron chi connectivity index (χ4n) is 4.66. The first-order valence-corrected chi connectivity index (χ1v) is 10.4. The number of nitriles is 1. The van der Waals surface area contributed by atoms with E-state index < -0.39 is 17.6 Å². The van der Waals surface area contributed by atoms with Gasteiger partial charge in [0, 0.05) is 5.92 Å². The van der Waals surface area contributed by atoms with Crippen LogP contribution in [0, 0.1) is 17.2 Å². The third kappa shape index (κ3) is 4.17. The molecule has 2 atom stereocenters. The van der Waals surface area contributed by atoms with Gasteiger partial charge in [0.25, 0.3) is 0 Å². The van der Waals surface area contributed by atoms with Crippen LogP contribution < -0.4 is 0 Å². The third-order valence-corrected chi connectivity index (χ3v) is 6.57. The van der Waals surface area contributed by atoms with E-state index in [1.807, 2.05) is 0 Å². The molecule has 1 heterocycles. The largest absolute Gasteiger partial charge is 0.395 e. The standard InChI is InChI=1S/C22H25F3N4/c23-22(24,25)19(17-9-5-2-6-10-17)13-18(16-7-3-1-4-8-16)20-14-29(28-27-20)21(15-26)11-12-21/h2,5-6,9-10,14,16,18-19H,1,3-4,7-8,11-13H2/t18-,19+/m0/s1. The summed E-state index contributed by atoms with van der Waals surface area (Å²) in [5.41, 5.74) is 0.248. The maximum absolute atomic E-state index is 14.0. The molecule has 0 saturated heterocycles. The maximum Gasteiger partial charge on any atom is 0.395 e. The second-order valence-electron chi connectivity index (χ2n) is 8.48. The fraction of sp³-hybridized carbons (Fsp3) is 0.591. The zero-order chi connectivity index (χ0) is 20.5. The molecule has 4 rings (SSSR count). The van der Waals surface area contributed by atoms with Gasteiger partial charge in [-0.2, -0.15) is 18.4 Å². The number of halogens is 3. The van der Waals surface area contributed by atoms with E-state index in [2.05, 4.69) is 16.4 Å². The van der Waals surface area contributed by atoms with Crippen LogP contribution in [-0.2, 0) is 5.54 Å². The van der Waals surface area contributed by atoms with Crippen molar-refractivity contribution in [1.29, 1.82) is 5.26 Å². The van der Waals surface area contributed by atoms with Crippen molar-refractivity contribution < 1.29 is 13.2 Å². The monoisotopic (exact) mass is 402 g/mol. The van der Waals surface area contributed by atoms with E-state index in [4.69, 9.17) is 0 Å². The molecule has 1 aromatic carbocycles. The summed E-state index contributed by atoms with van der Waals surface area (Å²) in [6.45, 7) is 0. The Hall–Kier alpha value is -2.36. The molecular weight excluding hydrogens is 377 g/mol. The average Bonchev–Trinajstić information content (AvgIpc) is 3.38. The van der Waals surface area contributed by atoms with Gasteiger partial charge < -0.3 is 0 Å². The van der Waals surface area contributed by atoms with Gasteiger partial charge in [-0.15, -0.1) is 5.10 Å². The van der Waals surface area contributed by atoms with Crippen molar-refractivity contribution >= 4 is 0 Å². The number of rotatable bonds is 6. The summed E-state index contributed by atoms with van der Waals surface area (Å²) in [7, 11) is 0. The van der Waals surface area contributed by atoms with E-state index in [1.165, 1.54) is 0 Å². The minimum Gasteiger partial charge on any atom is -0.232 e. The Kier molecular flexibility index (Phi) is 5.37. The summed E-state index contributed by atoms with van der Waals surface area (Å²) in [5, 5.41) is 17.8. The molecule has 2 fully saturated rings. The van der Waals surface area contributed by atoms with Gasteiger partial charge >= 0.3 is 6.18 Å². The van der Waals surface area contributed by atoms with Gasteiger partial charge in [0.1, 0.15) is 0 Å². The van der Waals surface area contributed by atoms with E-state index in [9.17, 15) is 18.4 Å². The van der Waals surface area contributed by atoms with Crippen LogP contribution in [0.1, 0.15) is 74.5 Å². The van der Waals surface area contributed by atoms with Gasteiger partial charge in [0.15, 0.2) is 5.54 Å². The molecule has 4 nitrogen and oxygen atoms in total. The first kappa shape index (κ1) is 19.9. The smallest absolute Gasteiger partial charge is 0.232 e. The molecule has 29 heavy (non-hydrogen) atoms. The molecule has 0 spiro atoms. The number of benzene rings is 1. The second-order valence-corrected chi connectivity index (χ2v) is 8.48. The zero-order valence-electron chi connectivity index (χ0n) is 16.3. The molecule has 0 amide bonds. The van der Waals surface area contributed by atoms with E-state index in [0.29, 0.717) is 11.3 Å². The third-order valence-electron chi connectivity index (χ3n) is 6.57. The molecule has 0 unspecified atom stereocenters. The summed E-state index contributed by atoms with van der Waals surface area (Å²) in [5.74, 6) is -1.68. The topological polar surface area (TPSA) is 54.5 Å². The molecule has 7 heteroatoms. The highest BCUT2D eigenvalue weighted by atomic mass is 19.4. The van der Waals surface area contributed by atoms with Gasteiger partial charge in [-0.3, -0.25) is 0 Å². The van der Waals surface area contributed by atoms with Crippen LogP contribution in [0.25, 0.3) is 0 Å². The Morgan fingerprint density at radius 1 is 1.14 bits per heavy atom. The minimum absolute atomic E-state index is 0.0313. The first-order chi connectivity index (χ1) is 13.9.